The number of benzene rings is 1. The summed E-state index contributed by atoms with van der Waals surface area (Å²) in [5, 5.41) is 1.15. The van der Waals surface area contributed by atoms with Crippen LogP contribution in [0.2, 0.25) is 0 Å². The van der Waals surface area contributed by atoms with Gasteiger partial charge in [-0.2, -0.15) is 0 Å². The maximum atomic E-state index is 5.65. The molecule has 2 N–H and O–H groups in total. The van der Waals surface area contributed by atoms with Gasteiger partial charge in [0.25, 0.3) is 0 Å². The van der Waals surface area contributed by atoms with Crippen LogP contribution in [0.25, 0.3) is 10.9 Å². The summed E-state index contributed by atoms with van der Waals surface area (Å²) < 4.78 is 5.37. The van der Waals surface area contributed by atoms with Crippen molar-refractivity contribution in [2.75, 3.05) is 31.2 Å². The summed E-state index contributed by atoms with van der Waals surface area (Å²) in [5.74, 6) is 0. The molecule has 0 saturated carbocycles. The number of aromatic nitrogens is 1. The molecule has 4 nitrogen and oxygen atoms in total. The number of hydrogen-bond acceptors (Lipinski definition) is 4. The SMILES string of the molecule is NCc1cnc2ccc(N3CCOCC3)cc2c1. The Morgan fingerprint density at radius 1 is 1.22 bits per heavy atom. The Kier molecular flexibility index (Phi) is 3.13. The topological polar surface area (TPSA) is 51.4 Å². The molecule has 1 aromatic carbocycles. The standard InChI is InChI=1S/C14H17N3O/c15-9-11-7-12-8-13(1-2-14(12)16-10-11)17-3-5-18-6-4-17/h1-2,7-8,10H,3-6,9,15H2. The first-order valence-electron chi connectivity index (χ1n) is 6.28. The maximum Gasteiger partial charge on any atom is 0.0703 e. The van der Waals surface area contributed by atoms with E-state index in [1.165, 1.54) is 5.69 Å². The highest BCUT2D eigenvalue weighted by Crippen LogP contribution is 2.22. The first kappa shape index (κ1) is 11.4. The number of morpholine rings is 1. The molecule has 94 valence electrons. The van der Waals surface area contributed by atoms with E-state index in [0.29, 0.717) is 6.54 Å². The molecule has 0 amide bonds. The third-order valence-corrected chi connectivity index (χ3v) is 3.33. The summed E-state index contributed by atoms with van der Waals surface area (Å²) in [6, 6.07) is 8.50. The lowest BCUT2D eigenvalue weighted by atomic mass is 10.1. The van der Waals surface area contributed by atoms with E-state index in [1.807, 2.05) is 6.20 Å². The van der Waals surface area contributed by atoms with Gasteiger partial charge in [-0.3, -0.25) is 4.98 Å². The molecule has 0 radical (unpaired) electrons. The lowest BCUT2D eigenvalue weighted by Crippen LogP contribution is -2.36. The van der Waals surface area contributed by atoms with E-state index in [1.54, 1.807) is 0 Å². The van der Waals surface area contributed by atoms with Crippen LogP contribution in [-0.2, 0) is 11.3 Å². The Morgan fingerprint density at radius 2 is 2.06 bits per heavy atom. The second kappa shape index (κ2) is 4.92. The fraction of sp³-hybridized carbons (Fsp3) is 0.357. The number of rotatable bonds is 2. The van der Waals surface area contributed by atoms with E-state index < -0.39 is 0 Å². The van der Waals surface area contributed by atoms with Gasteiger partial charge in [0.15, 0.2) is 0 Å². The van der Waals surface area contributed by atoms with Crippen molar-refractivity contribution in [2.24, 2.45) is 5.73 Å². The van der Waals surface area contributed by atoms with Crippen LogP contribution in [0.5, 0.6) is 0 Å². The highest BCUT2D eigenvalue weighted by atomic mass is 16.5. The Morgan fingerprint density at radius 3 is 2.83 bits per heavy atom. The van der Waals surface area contributed by atoms with Crippen molar-refractivity contribution in [1.82, 2.24) is 4.98 Å². The number of fused-ring (bicyclic) bond motifs is 1. The molecule has 1 aromatic heterocycles. The van der Waals surface area contributed by atoms with Gasteiger partial charge in [0.2, 0.25) is 0 Å². The molecule has 0 spiro atoms. The first-order chi connectivity index (χ1) is 8.86. The van der Waals surface area contributed by atoms with Gasteiger partial charge in [-0.05, 0) is 29.8 Å². The van der Waals surface area contributed by atoms with Crippen LogP contribution < -0.4 is 10.6 Å². The van der Waals surface area contributed by atoms with Gasteiger partial charge in [0.1, 0.15) is 0 Å². The molecule has 0 atom stereocenters. The summed E-state index contributed by atoms with van der Waals surface area (Å²) in [6.45, 7) is 4.05. The third kappa shape index (κ3) is 2.17. The van der Waals surface area contributed by atoms with Gasteiger partial charge < -0.3 is 15.4 Å². The average molecular weight is 243 g/mol. The van der Waals surface area contributed by atoms with Crippen LogP contribution in [0.1, 0.15) is 5.56 Å². The zero-order chi connectivity index (χ0) is 12.4. The van der Waals surface area contributed by atoms with Gasteiger partial charge in [-0.25, -0.2) is 0 Å². The number of nitrogens with zero attached hydrogens (tertiary/aromatic N) is 2. The summed E-state index contributed by atoms with van der Waals surface area (Å²) >= 11 is 0. The number of ether oxygens (including phenoxy) is 1. The van der Waals surface area contributed by atoms with Crippen molar-refractivity contribution < 1.29 is 4.74 Å². The summed E-state index contributed by atoms with van der Waals surface area (Å²) in [7, 11) is 0. The van der Waals surface area contributed by atoms with E-state index in [2.05, 4.69) is 34.1 Å². The van der Waals surface area contributed by atoms with Gasteiger partial charge in [-0.15, -0.1) is 0 Å². The number of hydrogen-bond donors (Lipinski definition) is 1. The van der Waals surface area contributed by atoms with E-state index in [0.717, 1.165) is 42.8 Å². The first-order valence-corrected chi connectivity index (χ1v) is 6.28. The normalized spacial score (nSPS) is 16.2. The molecule has 0 bridgehead atoms. The molecule has 4 heteroatoms. The molecular weight excluding hydrogens is 226 g/mol. The van der Waals surface area contributed by atoms with Crippen LogP contribution in [0, 0.1) is 0 Å². The Labute approximate surface area is 106 Å². The van der Waals surface area contributed by atoms with Gasteiger partial charge >= 0.3 is 0 Å². The summed E-state index contributed by atoms with van der Waals surface area (Å²) in [5.41, 5.74) is 8.98. The average Bonchev–Trinajstić information content (AvgIpc) is 2.47. The van der Waals surface area contributed by atoms with Crippen molar-refractivity contribution in [2.45, 2.75) is 6.54 Å². The van der Waals surface area contributed by atoms with Crippen molar-refractivity contribution >= 4 is 16.6 Å². The number of pyridine rings is 1. The van der Waals surface area contributed by atoms with Crippen molar-refractivity contribution in [3.63, 3.8) is 0 Å². The quantitative estimate of drug-likeness (QED) is 0.869. The fourth-order valence-corrected chi connectivity index (χ4v) is 2.29. The predicted octanol–water partition coefficient (Wildman–Crippen LogP) is 1.53. The Bertz CT molecular complexity index is 550. The molecule has 1 fully saturated rings. The number of anilines is 1. The lowest BCUT2D eigenvalue weighted by Gasteiger charge is -2.29. The molecule has 3 rings (SSSR count). The minimum absolute atomic E-state index is 0.532. The minimum Gasteiger partial charge on any atom is -0.378 e. The van der Waals surface area contributed by atoms with E-state index in [9.17, 15) is 0 Å². The Hall–Kier alpha value is -1.65. The van der Waals surface area contributed by atoms with Crippen LogP contribution in [0.3, 0.4) is 0 Å². The van der Waals surface area contributed by atoms with Crippen molar-refractivity contribution in [3.8, 4) is 0 Å². The molecule has 0 unspecified atom stereocenters. The van der Waals surface area contributed by atoms with Crippen LogP contribution in [-0.4, -0.2) is 31.3 Å². The van der Waals surface area contributed by atoms with E-state index in [-0.39, 0.29) is 0 Å². The van der Waals surface area contributed by atoms with Gasteiger partial charge in [0, 0.05) is 36.9 Å². The van der Waals surface area contributed by atoms with Gasteiger partial charge in [0.05, 0.1) is 18.7 Å². The second-order valence-corrected chi connectivity index (χ2v) is 4.52. The minimum atomic E-state index is 0.532. The van der Waals surface area contributed by atoms with Crippen molar-refractivity contribution in [1.29, 1.82) is 0 Å². The highest BCUT2D eigenvalue weighted by molar-refractivity contribution is 5.83. The molecule has 1 aliphatic rings. The Balaban J connectivity index is 1.97. The van der Waals surface area contributed by atoms with Crippen LogP contribution in [0.15, 0.2) is 30.5 Å². The molecule has 18 heavy (non-hydrogen) atoms. The summed E-state index contributed by atoms with van der Waals surface area (Å²) in [6.07, 6.45) is 1.84. The zero-order valence-electron chi connectivity index (χ0n) is 10.3. The number of nitrogens with two attached hydrogens (primary N) is 1. The zero-order valence-corrected chi connectivity index (χ0v) is 10.3. The molecule has 1 saturated heterocycles. The largest absolute Gasteiger partial charge is 0.378 e. The fourth-order valence-electron chi connectivity index (χ4n) is 2.29. The molecule has 2 aromatic rings. The predicted molar refractivity (Wildman–Crippen MR) is 72.7 cm³/mol. The monoisotopic (exact) mass is 243 g/mol. The smallest absolute Gasteiger partial charge is 0.0703 e. The molecule has 1 aliphatic heterocycles. The molecular formula is C14H17N3O. The van der Waals surface area contributed by atoms with E-state index >= 15 is 0 Å². The molecule has 2 heterocycles. The van der Waals surface area contributed by atoms with Crippen LogP contribution in [0.4, 0.5) is 5.69 Å². The van der Waals surface area contributed by atoms with E-state index in [4.69, 9.17) is 10.5 Å². The second-order valence-electron chi connectivity index (χ2n) is 4.52. The highest BCUT2D eigenvalue weighted by Gasteiger charge is 2.11. The molecule has 0 aliphatic carbocycles. The third-order valence-electron chi connectivity index (χ3n) is 3.33. The lowest BCUT2D eigenvalue weighted by molar-refractivity contribution is 0.122. The van der Waals surface area contributed by atoms with Crippen molar-refractivity contribution in [3.05, 3.63) is 36.0 Å². The van der Waals surface area contributed by atoms with Crippen LogP contribution >= 0.6 is 0 Å². The van der Waals surface area contributed by atoms with Gasteiger partial charge in [-0.1, -0.05) is 0 Å². The summed E-state index contributed by atoms with van der Waals surface area (Å²) in [4.78, 5) is 6.76. The maximum absolute atomic E-state index is 5.65.